The number of fused-ring (bicyclic) bond motifs is 7. The molecule has 5 aliphatic carbocycles. The number of rotatable bonds is 1. The van der Waals surface area contributed by atoms with Crippen molar-refractivity contribution in [2.24, 2.45) is 50.7 Å². The van der Waals surface area contributed by atoms with Crippen molar-refractivity contribution in [1.82, 2.24) is 0 Å². The first-order chi connectivity index (χ1) is 16.0. The Hall–Kier alpha value is -1.20. The van der Waals surface area contributed by atoms with Crippen LogP contribution >= 0.6 is 0 Å². The predicted molar refractivity (Wildman–Crippen MR) is 134 cm³/mol. The quantitative estimate of drug-likeness (QED) is 0.432. The lowest BCUT2D eigenvalue weighted by Crippen LogP contribution is -2.68. The monoisotopic (exact) mass is 486 g/mol. The van der Waals surface area contributed by atoms with Crippen molar-refractivity contribution in [1.29, 1.82) is 0 Å². The smallest absolute Gasteiger partial charge is 0.310 e. The Kier molecular flexibility index (Phi) is 5.25. The van der Waals surface area contributed by atoms with Crippen molar-refractivity contribution in [3.8, 4) is 0 Å². The fourth-order valence-corrected chi connectivity index (χ4v) is 10.8. The van der Waals surface area contributed by atoms with E-state index in [1.54, 1.807) is 0 Å². The van der Waals surface area contributed by atoms with Gasteiger partial charge in [-0.05, 0) is 85.9 Å². The van der Waals surface area contributed by atoms with Gasteiger partial charge in [0.25, 0.3) is 0 Å². The van der Waals surface area contributed by atoms with Gasteiger partial charge in [-0.15, -0.1) is 0 Å². The van der Waals surface area contributed by atoms with E-state index in [9.17, 15) is 24.9 Å². The molecule has 5 heteroatoms. The Morgan fingerprint density at radius 1 is 0.971 bits per heavy atom. The second-order valence-corrected chi connectivity index (χ2v) is 14.7. The van der Waals surface area contributed by atoms with Crippen molar-refractivity contribution >= 4 is 11.8 Å². The second kappa shape index (κ2) is 7.22. The van der Waals surface area contributed by atoms with Crippen molar-refractivity contribution < 1.29 is 24.9 Å². The maximum absolute atomic E-state index is 13.1. The van der Waals surface area contributed by atoms with Gasteiger partial charge in [0.1, 0.15) is 6.10 Å². The number of Topliss-reactive ketones (excluding diaryl/α,β-unsaturated/α-hetero) is 1. The van der Waals surface area contributed by atoms with Gasteiger partial charge in [-0.2, -0.15) is 0 Å². The molecule has 0 aliphatic heterocycles. The first-order valence-corrected chi connectivity index (χ1v) is 13.9. The third-order valence-corrected chi connectivity index (χ3v) is 13.2. The molecule has 5 nitrogen and oxygen atoms in total. The molecular weight excluding hydrogens is 440 g/mol. The molecule has 0 saturated heterocycles. The summed E-state index contributed by atoms with van der Waals surface area (Å²) in [5.41, 5.74) is -1.78. The molecule has 4 saturated carbocycles. The molecule has 3 N–H and O–H groups in total. The molecule has 4 fully saturated rings. The lowest BCUT2D eigenvalue weighted by atomic mass is 9.33. The van der Waals surface area contributed by atoms with Gasteiger partial charge in [-0.1, -0.05) is 53.2 Å². The molecule has 0 bridgehead atoms. The van der Waals surface area contributed by atoms with E-state index >= 15 is 0 Å². The van der Waals surface area contributed by atoms with E-state index in [-0.39, 0.29) is 45.7 Å². The van der Waals surface area contributed by atoms with Gasteiger partial charge < -0.3 is 15.3 Å². The average molecular weight is 487 g/mol. The molecular formula is C30H46O5. The highest BCUT2D eigenvalue weighted by atomic mass is 16.4. The Balaban J connectivity index is 1.65. The highest BCUT2D eigenvalue weighted by molar-refractivity contribution is 5.85. The average Bonchev–Trinajstić information content (AvgIpc) is 2.75. The molecule has 0 amide bonds. The highest BCUT2D eigenvalue weighted by Crippen LogP contribution is 2.75. The number of carbonyl (C=O) groups is 2. The van der Waals surface area contributed by atoms with Crippen LogP contribution in [0.4, 0.5) is 0 Å². The van der Waals surface area contributed by atoms with Gasteiger partial charge in [0.2, 0.25) is 0 Å². The number of ketones is 1. The topological polar surface area (TPSA) is 94.8 Å². The summed E-state index contributed by atoms with van der Waals surface area (Å²) in [6, 6.07) is 0. The summed E-state index contributed by atoms with van der Waals surface area (Å²) in [5, 5.41) is 33.2. The van der Waals surface area contributed by atoms with Crippen molar-refractivity contribution in [3.63, 3.8) is 0 Å². The van der Waals surface area contributed by atoms with E-state index in [4.69, 9.17) is 0 Å². The Bertz CT molecular complexity index is 995. The minimum Gasteiger partial charge on any atom is -0.481 e. The molecule has 0 spiro atoms. The van der Waals surface area contributed by atoms with E-state index in [2.05, 4.69) is 47.6 Å². The number of aliphatic hydroxyl groups is 2. The number of carbonyl (C=O) groups excluding carboxylic acids is 1. The van der Waals surface area contributed by atoms with Gasteiger partial charge in [-0.25, -0.2) is 0 Å². The van der Waals surface area contributed by atoms with E-state index in [0.29, 0.717) is 19.3 Å². The third kappa shape index (κ3) is 2.83. The van der Waals surface area contributed by atoms with Crippen molar-refractivity contribution in [2.45, 2.75) is 112 Å². The summed E-state index contributed by atoms with van der Waals surface area (Å²) in [5.74, 6) is -0.588. The third-order valence-electron chi connectivity index (χ3n) is 13.2. The van der Waals surface area contributed by atoms with E-state index in [0.717, 1.165) is 32.1 Å². The summed E-state index contributed by atoms with van der Waals surface area (Å²) in [4.78, 5) is 25.9. The van der Waals surface area contributed by atoms with E-state index < -0.39 is 28.5 Å². The minimum absolute atomic E-state index is 0.0319. The molecule has 0 aromatic rings. The van der Waals surface area contributed by atoms with Gasteiger partial charge in [0, 0.05) is 17.8 Å². The molecule has 5 aliphatic rings. The zero-order valence-corrected chi connectivity index (χ0v) is 22.8. The van der Waals surface area contributed by atoms with Crippen LogP contribution < -0.4 is 0 Å². The zero-order chi connectivity index (χ0) is 26.0. The lowest BCUT2D eigenvalue weighted by molar-refractivity contribution is -0.215. The number of allylic oxidation sites excluding steroid dienone is 1. The van der Waals surface area contributed by atoms with Crippen LogP contribution in [-0.4, -0.2) is 38.8 Å². The number of hydrogen-bond donors (Lipinski definition) is 3. The van der Waals surface area contributed by atoms with Crippen LogP contribution in [0, 0.1) is 50.7 Å². The van der Waals surface area contributed by atoms with Gasteiger partial charge in [0.15, 0.2) is 5.78 Å². The first-order valence-electron chi connectivity index (χ1n) is 13.9. The largest absolute Gasteiger partial charge is 0.481 e. The van der Waals surface area contributed by atoms with Crippen LogP contribution in [0.1, 0.15) is 99.8 Å². The number of hydrogen-bond acceptors (Lipinski definition) is 4. The maximum atomic E-state index is 13.1. The van der Waals surface area contributed by atoms with Gasteiger partial charge >= 0.3 is 5.97 Å². The fourth-order valence-electron chi connectivity index (χ4n) is 10.8. The van der Waals surface area contributed by atoms with Crippen LogP contribution in [0.3, 0.4) is 0 Å². The minimum atomic E-state index is -1.07. The van der Waals surface area contributed by atoms with Gasteiger partial charge in [0.05, 0.1) is 11.0 Å². The predicted octanol–water partition coefficient (Wildman–Crippen LogP) is 5.38. The molecule has 0 heterocycles. The van der Waals surface area contributed by atoms with Gasteiger partial charge in [-0.3, -0.25) is 9.59 Å². The number of carboxylic acid groups (broad SMARTS) is 1. The fraction of sp³-hybridized carbons (Fsp3) is 0.867. The molecule has 5 rings (SSSR count). The molecule has 1 unspecified atom stereocenters. The van der Waals surface area contributed by atoms with Crippen LogP contribution in [0.5, 0.6) is 0 Å². The number of aliphatic hydroxyl groups excluding tert-OH is 1. The summed E-state index contributed by atoms with van der Waals surface area (Å²) >= 11 is 0. The number of carboxylic acids is 1. The van der Waals surface area contributed by atoms with Crippen molar-refractivity contribution in [2.75, 3.05) is 0 Å². The summed E-state index contributed by atoms with van der Waals surface area (Å²) in [7, 11) is 0. The highest BCUT2D eigenvalue weighted by Gasteiger charge is 2.71. The molecule has 10 atom stereocenters. The lowest BCUT2D eigenvalue weighted by Gasteiger charge is -2.71. The summed E-state index contributed by atoms with van der Waals surface area (Å²) in [6.45, 7) is 15.1. The summed E-state index contributed by atoms with van der Waals surface area (Å²) in [6.07, 6.45) is 7.35. The Labute approximate surface area is 210 Å². The van der Waals surface area contributed by atoms with Crippen LogP contribution in [0.2, 0.25) is 0 Å². The summed E-state index contributed by atoms with van der Waals surface area (Å²) < 4.78 is 0. The standard InChI is InChI=1S/C30H46O5/c1-17-10-13-30(24(33)34)15-14-27(5)18(22(30)29(17,7)35)8-9-21-26(4)16-19(31)23(32)25(2,3)20(26)11-12-28(21,27)6/h8,17,20-23,32,35H,9-16H2,1-7H3,(H,33,34)/t17-,20?,21-,22-,23-,26+,27-,28-,29-,30+/m1/s1. The normalized spacial score (nSPS) is 55.1. The zero-order valence-electron chi connectivity index (χ0n) is 22.8. The molecule has 0 aromatic heterocycles. The second-order valence-electron chi connectivity index (χ2n) is 14.7. The maximum Gasteiger partial charge on any atom is 0.310 e. The van der Waals surface area contributed by atoms with Crippen LogP contribution in [0.25, 0.3) is 0 Å². The van der Waals surface area contributed by atoms with Crippen molar-refractivity contribution in [3.05, 3.63) is 11.6 Å². The van der Waals surface area contributed by atoms with Crippen LogP contribution in [-0.2, 0) is 9.59 Å². The number of aliphatic carboxylic acids is 1. The first kappa shape index (κ1) is 25.4. The Morgan fingerprint density at radius 3 is 2.26 bits per heavy atom. The van der Waals surface area contributed by atoms with E-state index in [1.165, 1.54) is 5.57 Å². The molecule has 0 radical (unpaired) electrons. The SMILES string of the molecule is C[C@@H]1CC[C@]2(C(=O)O)CC[C@]3(C)C(=CC[C@@H]4[C@@]5(C)CC(=O)[C@@H](O)C(C)(C)C5CC[C@]43C)[C@@H]2[C@]1(C)O. The van der Waals surface area contributed by atoms with Crippen LogP contribution in [0.15, 0.2) is 11.6 Å². The molecule has 35 heavy (non-hydrogen) atoms. The molecule has 196 valence electrons. The Morgan fingerprint density at radius 2 is 1.63 bits per heavy atom. The van der Waals surface area contributed by atoms with E-state index in [1.807, 2.05) is 6.92 Å². The molecule has 0 aromatic carbocycles.